The molecule has 6 atom stereocenters. The number of nitrogens with one attached hydrogen (secondary N) is 1. The lowest BCUT2D eigenvalue weighted by Gasteiger charge is -2.48. The molecule has 2 bridgehead atoms. The number of halogens is 1. The van der Waals surface area contributed by atoms with Crippen molar-refractivity contribution in [3.05, 3.63) is 64.3 Å². The highest BCUT2D eigenvalue weighted by Crippen LogP contribution is 2.47. The van der Waals surface area contributed by atoms with E-state index in [4.69, 9.17) is 21.3 Å². The average molecular weight is 614 g/mol. The Kier molecular flexibility index (Phi) is 7.59. The molecule has 1 fully saturated rings. The summed E-state index contributed by atoms with van der Waals surface area (Å²) in [5.41, 5.74) is 1.15. The lowest BCUT2D eigenvalue weighted by atomic mass is 9.64. The number of carbonyl (C=O) groups excluding carboxylic acids is 1. The zero-order valence-electron chi connectivity index (χ0n) is 24.5. The number of aryl methyl sites for hydroxylation is 1. The number of ether oxygens (including phenoxy) is 1. The number of nitrogens with zero attached hydrogens (tertiary/aromatic N) is 2. The SMILES string of the molecule is C[C@@H]1[C@@H](C)C/C=C\[C@](C)(O)[C@@H]2CC[C@H]2CN2C[C@@]3(CCCc4cc(Cl)ccc43)COc3ccc(nc32)C(=O)NS1(=O)=O. The van der Waals surface area contributed by atoms with Crippen LogP contribution in [0.15, 0.2) is 42.5 Å². The van der Waals surface area contributed by atoms with Gasteiger partial charge in [0.05, 0.1) is 17.5 Å². The van der Waals surface area contributed by atoms with Crippen molar-refractivity contribution in [3.8, 4) is 5.75 Å². The molecule has 1 aromatic heterocycles. The first kappa shape index (κ1) is 29.5. The van der Waals surface area contributed by atoms with Gasteiger partial charge in [0.25, 0.3) is 5.91 Å². The summed E-state index contributed by atoms with van der Waals surface area (Å²) in [6.45, 7) is 7.02. The van der Waals surface area contributed by atoms with E-state index in [-0.39, 0.29) is 28.9 Å². The largest absolute Gasteiger partial charge is 0.489 e. The van der Waals surface area contributed by atoms with E-state index in [0.717, 1.165) is 37.1 Å². The molecular weight excluding hydrogens is 574 g/mol. The minimum atomic E-state index is -3.97. The third-order valence-corrected chi connectivity index (χ3v) is 12.4. The number of benzene rings is 1. The number of amides is 1. The molecule has 1 saturated carbocycles. The summed E-state index contributed by atoms with van der Waals surface area (Å²) in [5, 5.41) is 11.5. The zero-order chi connectivity index (χ0) is 29.9. The number of sulfonamides is 1. The normalized spacial score (nSPS) is 35.1. The lowest BCUT2D eigenvalue weighted by Crippen LogP contribution is -2.51. The van der Waals surface area contributed by atoms with Crippen LogP contribution in [0.25, 0.3) is 0 Å². The van der Waals surface area contributed by atoms with Gasteiger partial charge in [-0.15, -0.1) is 0 Å². The second-order valence-corrected chi connectivity index (χ2v) is 15.6. The van der Waals surface area contributed by atoms with Crippen molar-refractivity contribution in [1.29, 1.82) is 0 Å². The van der Waals surface area contributed by atoms with Gasteiger partial charge in [0.2, 0.25) is 10.0 Å². The predicted molar refractivity (Wildman–Crippen MR) is 164 cm³/mol. The number of aromatic nitrogens is 1. The highest BCUT2D eigenvalue weighted by atomic mass is 35.5. The first-order valence-corrected chi connectivity index (χ1v) is 16.9. The summed E-state index contributed by atoms with van der Waals surface area (Å²) in [6.07, 6.45) is 8.97. The average Bonchev–Trinajstić information content (AvgIpc) is 3.06. The maximum absolute atomic E-state index is 13.3. The molecule has 0 saturated heterocycles. The number of carbonyl (C=O) groups is 1. The molecule has 42 heavy (non-hydrogen) atoms. The van der Waals surface area contributed by atoms with Crippen LogP contribution in [0, 0.1) is 17.8 Å². The Hall–Kier alpha value is -2.62. The number of aliphatic hydroxyl groups is 1. The molecule has 226 valence electrons. The van der Waals surface area contributed by atoms with Crippen LogP contribution in [0.2, 0.25) is 5.02 Å². The molecule has 8 nitrogen and oxygen atoms in total. The van der Waals surface area contributed by atoms with Crippen LogP contribution in [0.5, 0.6) is 5.75 Å². The summed E-state index contributed by atoms with van der Waals surface area (Å²) >= 11 is 6.38. The smallest absolute Gasteiger partial charge is 0.283 e. The summed E-state index contributed by atoms with van der Waals surface area (Å²) in [7, 11) is -3.97. The fourth-order valence-electron chi connectivity index (χ4n) is 7.36. The van der Waals surface area contributed by atoms with Crippen LogP contribution in [-0.2, 0) is 21.9 Å². The number of allylic oxidation sites excluding steroid dienone is 1. The summed E-state index contributed by atoms with van der Waals surface area (Å²) in [6, 6.07) is 9.38. The number of rotatable bonds is 0. The number of anilines is 1. The molecule has 2 aromatic rings. The molecule has 10 heteroatoms. The highest BCUT2D eigenvalue weighted by molar-refractivity contribution is 7.90. The molecule has 1 amide bonds. The minimum Gasteiger partial charge on any atom is -0.489 e. The molecular formula is C32H40ClN3O5S. The fraction of sp³-hybridized carbons (Fsp3) is 0.562. The van der Waals surface area contributed by atoms with Crippen molar-refractivity contribution >= 4 is 33.3 Å². The van der Waals surface area contributed by atoms with E-state index < -0.39 is 26.8 Å². The second kappa shape index (κ2) is 10.8. The maximum atomic E-state index is 13.3. The molecule has 2 aliphatic heterocycles. The monoisotopic (exact) mass is 613 g/mol. The summed E-state index contributed by atoms with van der Waals surface area (Å²) in [5.74, 6) is 0.349. The Labute approximate surface area is 253 Å². The maximum Gasteiger partial charge on any atom is 0.283 e. The van der Waals surface area contributed by atoms with Gasteiger partial charge in [0.15, 0.2) is 11.6 Å². The number of hydrogen-bond acceptors (Lipinski definition) is 7. The van der Waals surface area contributed by atoms with Crippen molar-refractivity contribution in [2.24, 2.45) is 17.8 Å². The van der Waals surface area contributed by atoms with Gasteiger partial charge >= 0.3 is 0 Å². The van der Waals surface area contributed by atoms with Gasteiger partial charge in [0, 0.05) is 23.5 Å². The topological polar surface area (TPSA) is 109 Å². The molecule has 6 rings (SSSR count). The fourth-order valence-corrected chi connectivity index (χ4v) is 8.83. The molecule has 2 N–H and O–H groups in total. The van der Waals surface area contributed by atoms with E-state index in [9.17, 15) is 18.3 Å². The Morgan fingerprint density at radius 2 is 2.00 bits per heavy atom. The Balaban J connectivity index is 1.44. The van der Waals surface area contributed by atoms with Crippen LogP contribution in [0.3, 0.4) is 0 Å². The first-order valence-electron chi connectivity index (χ1n) is 15.0. The van der Waals surface area contributed by atoms with Crippen LogP contribution < -0.4 is 14.4 Å². The van der Waals surface area contributed by atoms with Crippen molar-refractivity contribution < 1.29 is 23.1 Å². The zero-order valence-corrected chi connectivity index (χ0v) is 26.0. The Morgan fingerprint density at radius 1 is 1.19 bits per heavy atom. The van der Waals surface area contributed by atoms with E-state index in [1.807, 2.05) is 32.1 Å². The van der Waals surface area contributed by atoms with Gasteiger partial charge in [-0.2, -0.15) is 0 Å². The summed E-state index contributed by atoms with van der Waals surface area (Å²) < 4.78 is 35.1. The standard InChI is InChI=1S/C32H40ClN3O5S/c1-20-6-4-14-31(3,38)25-10-8-23(25)17-36-18-32(15-5-7-22-16-24(33)9-11-26(22)32)19-41-28-13-12-27(34-29(28)36)30(37)35-42(39,40)21(20)2/h4,9,11-14,16,20-21,23,25,38H,5-8,10,15,17-19H2,1-3H3,(H,35,37)/b14-4-/t20-,21+,23-,25+,31-,32-/m0/s1. The number of pyridine rings is 1. The highest BCUT2D eigenvalue weighted by Gasteiger charge is 2.47. The van der Waals surface area contributed by atoms with E-state index in [2.05, 4.69) is 21.8 Å². The van der Waals surface area contributed by atoms with Crippen molar-refractivity contribution in [3.63, 3.8) is 0 Å². The Bertz CT molecular complexity index is 1530. The molecule has 0 unspecified atom stereocenters. The molecule has 4 aliphatic rings. The van der Waals surface area contributed by atoms with E-state index in [1.165, 1.54) is 17.2 Å². The van der Waals surface area contributed by atoms with Gasteiger partial charge in [-0.05, 0) is 106 Å². The van der Waals surface area contributed by atoms with Crippen LogP contribution in [0.1, 0.15) is 74.5 Å². The van der Waals surface area contributed by atoms with Crippen LogP contribution in [-0.4, -0.2) is 55.0 Å². The molecule has 1 spiro atoms. The lowest BCUT2D eigenvalue weighted by molar-refractivity contribution is -0.0315. The van der Waals surface area contributed by atoms with Crippen molar-refractivity contribution in [1.82, 2.24) is 9.71 Å². The first-order chi connectivity index (χ1) is 19.9. The van der Waals surface area contributed by atoms with Gasteiger partial charge in [-0.3, -0.25) is 4.79 Å². The van der Waals surface area contributed by atoms with Crippen LogP contribution in [0.4, 0.5) is 5.82 Å². The van der Waals surface area contributed by atoms with Crippen molar-refractivity contribution in [2.45, 2.75) is 75.6 Å². The van der Waals surface area contributed by atoms with E-state index in [0.29, 0.717) is 37.7 Å². The van der Waals surface area contributed by atoms with Gasteiger partial charge in [-0.1, -0.05) is 36.7 Å². The van der Waals surface area contributed by atoms with E-state index in [1.54, 1.807) is 13.0 Å². The van der Waals surface area contributed by atoms with E-state index >= 15 is 0 Å². The van der Waals surface area contributed by atoms with Crippen molar-refractivity contribution in [2.75, 3.05) is 24.6 Å². The summed E-state index contributed by atoms with van der Waals surface area (Å²) in [4.78, 5) is 20.2. The number of hydrogen-bond donors (Lipinski definition) is 2. The third-order valence-electron chi connectivity index (χ3n) is 10.2. The van der Waals surface area contributed by atoms with Gasteiger partial charge < -0.3 is 14.7 Å². The Morgan fingerprint density at radius 3 is 2.76 bits per heavy atom. The second-order valence-electron chi connectivity index (χ2n) is 13.1. The molecule has 0 radical (unpaired) electrons. The quantitative estimate of drug-likeness (QED) is 0.401. The number of fused-ring (bicyclic) bond motifs is 4. The third kappa shape index (κ3) is 5.33. The molecule has 3 heterocycles. The minimum absolute atomic E-state index is 0.0294. The van der Waals surface area contributed by atoms with Crippen LogP contribution >= 0.6 is 11.6 Å². The van der Waals surface area contributed by atoms with Gasteiger partial charge in [0.1, 0.15) is 5.69 Å². The predicted octanol–water partition coefficient (Wildman–Crippen LogP) is 5.03. The van der Waals surface area contributed by atoms with Gasteiger partial charge in [-0.25, -0.2) is 18.1 Å². The molecule has 1 aromatic carbocycles. The molecule has 2 aliphatic carbocycles.